The van der Waals surface area contributed by atoms with E-state index in [1.165, 1.54) is 0 Å². The van der Waals surface area contributed by atoms with Crippen LogP contribution in [0.15, 0.2) is 0 Å². The first-order valence-electron chi connectivity index (χ1n) is 7.34. The Morgan fingerprint density at radius 3 is 2.48 bits per heavy atom. The van der Waals surface area contributed by atoms with Crippen LogP contribution in [0.3, 0.4) is 0 Å². The number of rotatable bonds is 11. The summed E-state index contributed by atoms with van der Waals surface area (Å²) in [6, 6.07) is -0.695. The second kappa shape index (κ2) is 11.7. The van der Waals surface area contributed by atoms with Gasteiger partial charge in [0.25, 0.3) is 0 Å². The summed E-state index contributed by atoms with van der Waals surface area (Å²) < 4.78 is 0. The van der Waals surface area contributed by atoms with E-state index in [9.17, 15) is 9.59 Å². The third kappa shape index (κ3) is 10.4. The van der Waals surface area contributed by atoms with Gasteiger partial charge in [0, 0.05) is 12.6 Å². The number of thioether (sulfide) groups is 1. The SMILES string of the molecule is CSCC[C@H](NC(=O)NCCCCN(C)C(C)C)C(=O)O. The molecule has 1 atom stereocenters. The number of nitrogens with one attached hydrogen (secondary N) is 2. The monoisotopic (exact) mass is 319 g/mol. The second-order valence-electron chi connectivity index (χ2n) is 5.35. The lowest BCUT2D eigenvalue weighted by atomic mass is 10.2. The number of urea groups is 1. The van der Waals surface area contributed by atoms with Crippen LogP contribution in [0.25, 0.3) is 0 Å². The first-order valence-corrected chi connectivity index (χ1v) is 8.74. The quantitative estimate of drug-likeness (QED) is 0.504. The van der Waals surface area contributed by atoms with Gasteiger partial charge in [-0.15, -0.1) is 0 Å². The molecule has 0 aromatic heterocycles. The van der Waals surface area contributed by atoms with E-state index >= 15 is 0 Å². The van der Waals surface area contributed by atoms with Crippen LogP contribution >= 0.6 is 11.8 Å². The number of aliphatic carboxylic acids is 1. The summed E-state index contributed by atoms with van der Waals surface area (Å²) >= 11 is 1.56. The van der Waals surface area contributed by atoms with E-state index in [2.05, 4.69) is 36.4 Å². The normalized spacial score (nSPS) is 12.5. The van der Waals surface area contributed by atoms with Crippen molar-refractivity contribution in [3.63, 3.8) is 0 Å². The van der Waals surface area contributed by atoms with Crippen LogP contribution in [0, 0.1) is 0 Å². The lowest BCUT2D eigenvalue weighted by Crippen LogP contribution is -2.46. The van der Waals surface area contributed by atoms with E-state index in [1.54, 1.807) is 11.8 Å². The molecule has 0 aromatic carbocycles. The number of hydrogen-bond acceptors (Lipinski definition) is 4. The molecule has 6 nitrogen and oxygen atoms in total. The van der Waals surface area contributed by atoms with Gasteiger partial charge < -0.3 is 20.6 Å². The fraction of sp³-hybridized carbons (Fsp3) is 0.857. The number of nitrogens with zero attached hydrogens (tertiary/aromatic N) is 1. The Hall–Kier alpha value is -0.950. The van der Waals surface area contributed by atoms with Crippen LogP contribution in [0.1, 0.15) is 33.1 Å². The van der Waals surface area contributed by atoms with Crippen LogP contribution in [-0.2, 0) is 4.79 Å². The molecule has 0 spiro atoms. The molecule has 0 saturated carbocycles. The van der Waals surface area contributed by atoms with E-state index in [4.69, 9.17) is 5.11 Å². The van der Waals surface area contributed by atoms with Crippen molar-refractivity contribution in [1.82, 2.24) is 15.5 Å². The van der Waals surface area contributed by atoms with Gasteiger partial charge in [0.1, 0.15) is 6.04 Å². The van der Waals surface area contributed by atoms with Gasteiger partial charge in [0.05, 0.1) is 0 Å². The molecule has 7 heteroatoms. The topological polar surface area (TPSA) is 81.7 Å². The summed E-state index contributed by atoms with van der Waals surface area (Å²) in [5.41, 5.74) is 0. The predicted molar refractivity (Wildman–Crippen MR) is 88.0 cm³/mol. The van der Waals surface area contributed by atoms with Crippen molar-refractivity contribution in [2.75, 3.05) is 32.1 Å². The van der Waals surface area contributed by atoms with Gasteiger partial charge in [-0.2, -0.15) is 11.8 Å². The molecule has 2 amide bonds. The molecular weight excluding hydrogens is 290 g/mol. The Morgan fingerprint density at radius 2 is 1.95 bits per heavy atom. The zero-order valence-electron chi connectivity index (χ0n) is 13.5. The van der Waals surface area contributed by atoms with Crippen LogP contribution in [-0.4, -0.2) is 66.2 Å². The zero-order valence-corrected chi connectivity index (χ0v) is 14.3. The number of carboxylic acids is 1. The highest BCUT2D eigenvalue weighted by Crippen LogP contribution is 2.01. The summed E-state index contributed by atoms with van der Waals surface area (Å²) in [5.74, 6) is -0.281. The average Bonchev–Trinajstić information content (AvgIpc) is 2.42. The minimum atomic E-state index is -0.988. The summed E-state index contributed by atoms with van der Waals surface area (Å²) in [6.45, 7) is 5.84. The Bertz CT molecular complexity index is 314. The average molecular weight is 319 g/mol. The zero-order chi connectivity index (χ0) is 16.3. The Kier molecular flexibility index (Phi) is 11.2. The predicted octanol–water partition coefficient (Wildman–Crippen LogP) is 1.61. The smallest absolute Gasteiger partial charge is 0.326 e. The summed E-state index contributed by atoms with van der Waals surface area (Å²) in [7, 11) is 2.08. The van der Waals surface area contributed by atoms with Crippen molar-refractivity contribution < 1.29 is 14.7 Å². The molecule has 0 aliphatic rings. The summed E-state index contributed by atoms with van der Waals surface area (Å²) in [6.07, 6.45) is 4.23. The van der Waals surface area contributed by atoms with Crippen molar-refractivity contribution in [3.8, 4) is 0 Å². The number of carboxylic acid groups (broad SMARTS) is 1. The molecule has 0 rings (SSSR count). The van der Waals surface area contributed by atoms with Crippen LogP contribution < -0.4 is 10.6 Å². The maximum atomic E-state index is 11.6. The Morgan fingerprint density at radius 1 is 1.29 bits per heavy atom. The number of hydrogen-bond donors (Lipinski definition) is 3. The van der Waals surface area contributed by atoms with Gasteiger partial charge in [-0.3, -0.25) is 0 Å². The molecule has 124 valence electrons. The first kappa shape index (κ1) is 20.1. The molecule has 0 heterocycles. The standard InChI is InChI=1S/C14H29N3O3S/c1-11(2)17(3)9-6-5-8-15-14(20)16-12(13(18)19)7-10-21-4/h11-12H,5-10H2,1-4H3,(H,18,19)(H2,15,16,20)/t12-/m0/s1. The summed E-state index contributed by atoms with van der Waals surface area (Å²) in [4.78, 5) is 24.9. The van der Waals surface area contributed by atoms with Gasteiger partial charge in [-0.1, -0.05) is 0 Å². The molecule has 0 fully saturated rings. The highest BCUT2D eigenvalue weighted by atomic mass is 32.2. The van der Waals surface area contributed by atoms with Gasteiger partial charge in [0.2, 0.25) is 0 Å². The Balaban J connectivity index is 3.80. The minimum absolute atomic E-state index is 0.402. The van der Waals surface area contributed by atoms with Gasteiger partial charge >= 0.3 is 12.0 Å². The van der Waals surface area contributed by atoms with Crippen molar-refractivity contribution in [1.29, 1.82) is 0 Å². The third-order valence-corrected chi connectivity index (χ3v) is 3.96. The Labute approximate surface area is 132 Å². The van der Waals surface area contributed by atoms with Crippen molar-refractivity contribution in [2.45, 2.75) is 45.2 Å². The van der Waals surface area contributed by atoms with Gasteiger partial charge in [-0.25, -0.2) is 9.59 Å². The van der Waals surface area contributed by atoms with Crippen molar-refractivity contribution in [3.05, 3.63) is 0 Å². The van der Waals surface area contributed by atoms with E-state index in [1.807, 2.05) is 6.26 Å². The van der Waals surface area contributed by atoms with Crippen molar-refractivity contribution in [2.24, 2.45) is 0 Å². The van der Waals surface area contributed by atoms with Crippen molar-refractivity contribution >= 4 is 23.8 Å². The molecule has 21 heavy (non-hydrogen) atoms. The lowest BCUT2D eigenvalue weighted by molar-refractivity contribution is -0.139. The molecule has 0 radical (unpaired) electrons. The van der Waals surface area contributed by atoms with Gasteiger partial charge in [0.15, 0.2) is 0 Å². The summed E-state index contributed by atoms with van der Waals surface area (Å²) in [5, 5.41) is 14.2. The fourth-order valence-electron chi connectivity index (χ4n) is 1.65. The van der Waals surface area contributed by atoms with Crippen LogP contribution in [0.2, 0.25) is 0 Å². The van der Waals surface area contributed by atoms with Crippen LogP contribution in [0.4, 0.5) is 4.79 Å². The number of amides is 2. The minimum Gasteiger partial charge on any atom is -0.480 e. The molecule has 3 N–H and O–H groups in total. The highest BCUT2D eigenvalue weighted by molar-refractivity contribution is 7.98. The largest absolute Gasteiger partial charge is 0.480 e. The van der Waals surface area contributed by atoms with Crippen LogP contribution in [0.5, 0.6) is 0 Å². The fourth-order valence-corrected chi connectivity index (χ4v) is 2.12. The third-order valence-electron chi connectivity index (χ3n) is 3.32. The van der Waals surface area contributed by atoms with E-state index in [-0.39, 0.29) is 0 Å². The molecular formula is C14H29N3O3S. The van der Waals surface area contributed by atoms with E-state index in [0.717, 1.165) is 19.4 Å². The van der Waals surface area contributed by atoms with E-state index < -0.39 is 18.0 Å². The molecule has 0 aliphatic heterocycles. The maximum Gasteiger partial charge on any atom is 0.326 e. The second-order valence-corrected chi connectivity index (χ2v) is 6.34. The molecule has 0 aliphatic carbocycles. The number of carbonyl (C=O) groups excluding carboxylic acids is 1. The lowest BCUT2D eigenvalue weighted by Gasteiger charge is -2.20. The van der Waals surface area contributed by atoms with Gasteiger partial charge in [-0.05, 0) is 58.7 Å². The number of unbranched alkanes of at least 4 members (excludes halogenated alkanes) is 1. The maximum absolute atomic E-state index is 11.6. The molecule has 0 unspecified atom stereocenters. The first-order chi connectivity index (χ1) is 9.88. The number of carbonyl (C=O) groups is 2. The highest BCUT2D eigenvalue weighted by Gasteiger charge is 2.18. The molecule has 0 aromatic rings. The molecule has 0 bridgehead atoms. The van der Waals surface area contributed by atoms with E-state index in [0.29, 0.717) is 24.8 Å². The molecule has 0 saturated heterocycles.